The first-order valence-electron chi connectivity index (χ1n) is 10.1. The minimum atomic E-state index is -0.238. The zero-order valence-corrected chi connectivity index (χ0v) is 17.3. The van der Waals surface area contributed by atoms with Crippen LogP contribution in [0.4, 0.5) is 0 Å². The Morgan fingerprint density at radius 1 is 1.08 bits per heavy atom. The van der Waals surface area contributed by atoms with E-state index < -0.39 is 0 Å². The van der Waals surface area contributed by atoms with E-state index in [0.29, 0.717) is 11.7 Å². The number of Topliss-reactive ketones (excluding diaryl/α,β-unsaturated/α-hetero) is 1. The van der Waals surface area contributed by atoms with Gasteiger partial charge in [-0.1, -0.05) is 40.5 Å². The number of ether oxygens (including phenoxy) is 2. The van der Waals surface area contributed by atoms with Gasteiger partial charge in [0.2, 0.25) is 0 Å². The highest BCUT2D eigenvalue weighted by atomic mass is 16.5. The first-order valence-corrected chi connectivity index (χ1v) is 10.1. The monoisotopic (exact) mass is 358 g/mol. The van der Waals surface area contributed by atoms with Crippen LogP contribution in [0.15, 0.2) is 12.1 Å². The molecule has 0 heterocycles. The summed E-state index contributed by atoms with van der Waals surface area (Å²) in [5.41, 5.74) is 1.99. The van der Waals surface area contributed by atoms with Crippen LogP contribution in [0.5, 0.6) is 11.5 Å². The Morgan fingerprint density at radius 3 is 2.15 bits per heavy atom. The summed E-state index contributed by atoms with van der Waals surface area (Å²) < 4.78 is 11.5. The fraction of sp³-hybridized carbons (Fsp3) is 0.696. The summed E-state index contributed by atoms with van der Waals surface area (Å²) in [4.78, 5) is 13.4. The van der Waals surface area contributed by atoms with Gasteiger partial charge in [-0.25, -0.2) is 0 Å². The van der Waals surface area contributed by atoms with Crippen molar-refractivity contribution in [1.29, 1.82) is 0 Å². The SMILES string of the molecule is CCCCCc1cc(OC)c(C2C(=O)C3(C)CCC2C3(C)C)c(OC)c1. The van der Waals surface area contributed by atoms with Gasteiger partial charge in [0.05, 0.1) is 20.1 Å². The van der Waals surface area contributed by atoms with Crippen molar-refractivity contribution >= 4 is 5.78 Å². The molecule has 2 aliphatic carbocycles. The molecular weight excluding hydrogens is 324 g/mol. The fourth-order valence-corrected chi connectivity index (χ4v) is 5.44. The van der Waals surface area contributed by atoms with Gasteiger partial charge in [-0.3, -0.25) is 4.79 Å². The van der Waals surface area contributed by atoms with Crippen molar-refractivity contribution in [2.45, 2.75) is 72.1 Å². The van der Waals surface area contributed by atoms with Crippen molar-refractivity contribution < 1.29 is 14.3 Å². The van der Waals surface area contributed by atoms with Crippen molar-refractivity contribution in [2.75, 3.05) is 14.2 Å². The maximum absolute atomic E-state index is 13.4. The number of fused-ring (bicyclic) bond motifs is 2. The van der Waals surface area contributed by atoms with E-state index in [4.69, 9.17) is 9.47 Å². The number of benzene rings is 1. The third kappa shape index (κ3) is 2.66. The summed E-state index contributed by atoms with van der Waals surface area (Å²) in [5, 5.41) is 0. The summed E-state index contributed by atoms with van der Waals surface area (Å²) in [7, 11) is 3.41. The number of methoxy groups -OCH3 is 2. The molecule has 2 saturated carbocycles. The van der Waals surface area contributed by atoms with Crippen LogP contribution in [0.3, 0.4) is 0 Å². The second-order valence-corrected chi connectivity index (χ2v) is 8.91. The lowest BCUT2D eigenvalue weighted by molar-refractivity contribution is -0.129. The molecule has 26 heavy (non-hydrogen) atoms. The van der Waals surface area contributed by atoms with Gasteiger partial charge in [0.25, 0.3) is 0 Å². The highest BCUT2D eigenvalue weighted by Crippen LogP contribution is 2.69. The quantitative estimate of drug-likeness (QED) is 0.600. The highest BCUT2D eigenvalue weighted by Gasteiger charge is 2.67. The fourth-order valence-electron chi connectivity index (χ4n) is 5.44. The predicted molar refractivity (Wildman–Crippen MR) is 105 cm³/mol. The molecule has 3 rings (SSSR count). The number of hydrogen-bond acceptors (Lipinski definition) is 3. The number of ketones is 1. The van der Waals surface area contributed by atoms with Gasteiger partial charge >= 0.3 is 0 Å². The molecule has 2 aliphatic rings. The van der Waals surface area contributed by atoms with E-state index in [1.54, 1.807) is 14.2 Å². The third-order valence-electron chi connectivity index (χ3n) is 7.52. The van der Waals surface area contributed by atoms with Gasteiger partial charge in [0.15, 0.2) is 0 Å². The van der Waals surface area contributed by atoms with E-state index in [9.17, 15) is 4.79 Å². The average Bonchev–Trinajstić information content (AvgIpc) is 2.93. The molecule has 0 saturated heterocycles. The van der Waals surface area contributed by atoms with Crippen LogP contribution in [0.25, 0.3) is 0 Å². The molecule has 0 N–H and O–H groups in total. The topological polar surface area (TPSA) is 35.5 Å². The largest absolute Gasteiger partial charge is 0.496 e. The van der Waals surface area contributed by atoms with Gasteiger partial charge in [0, 0.05) is 11.0 Å². The first kappa shape index (κ1) is 19.3. The summed E-state index contributed by atoms with van der Waals surface area (Å²) >= 11 is 0. The normalized spacial score (nSPS) is 29.2. The van der Waals surface area contributed by atoms with Crippen LogP contribution in [0, 0.1) is 16.7 Å². The van der Waals surface area contributed by atoms with E-state index in [1.165, 1.54) is 18.4 Å². The minimum Gasteiger partial charge on any atom is -0.496 e. The van der Waals surface area contributed by atoms with Gasteiger partial charge in [-0.15, -0.1) is 0 Å². The second-order valence-electron chi connectivity index (χ2n) is 8.91. The lowest BCUT2D eigenvalue weighted by Gasteiger charge is -2.32. The molecule has 0 aliphatic heterocycles. The highest BCUT2D eigenvalue weighted by molar-refractivity contribution is 5.96. The first-order chi connectivity index (χ1) is 12.3. The number of rotatable bonds is 7. The van der Waals surface area contributed by atoms with E-state index >= 15 is 0 Å². The van der Waals surface area contributed by atoms with Gasteiger partial charge in [0.1, 0.15) is 17.3 Å². The van der Waals surface area contributed by atoms with E-state index in [1.807, 2.05) is 0 Å². The Morgan fingerprint density at radius 2 is 1.69 bits per heavy atom. The molecule has 3 atom stereocenters. The molecule has 1 aromatic rings. The van der Waals surface area contributed by atoms with Gasteiger partial charge < -0.3 is 9.47 Å². The Labute approximate surface area is 158 Å². The van der Waals surface area contributed by atoms with Gasteiger partial charge in [-0.05, 0) is 54.7 Å². The molecule has 3 heteroatoms. The van der Waals surface area contributed by atoms with Crippen molar-refractivity contribution in [3.8, 4) is 11.5 Å². The second kappa shape index (κ2) is 6.90. The molecule has 3 nitrogen and oxygen atoms in total. The van der Waals surface area contributed by atoms with Crippen LogP contribution in [0.2, 0.25) is 0 Å². The van der Waals surface area contributed by atoms with Crippen molar-refractivity contribution in [3.63, 3.8) is 0 Å². The zero-order chi connectivity index (χ0) is 19.1. The molecule has 0 radical (unpaired) electrons. The Kier molecular flexibility index (Phi) is 5.11. The standard InChI is InChI=1S/C23H34O3/c1-7-8-9-10-15-13-17(25-5)20(18(14-15)26-6)19-16-11-12-23(4,21(19)24)22(16,2)3/h13-14,16,19H,7-12H2,1-6H3. The molecule has 2 fully saturated rings. The number of hydrogen-bond donors (Lipinski definition) is 0. The maximum atomic E-state index is 13.4. The van der Waals surface area contributed by atoms with Gasteiger partial charge in [-0.2, -0.15) is 0 Å². The van der Waals surface area contributed by atoms with Crippen LogP contribution >= 0.6 is 0 Å². The van der Waals surface area contributed by atoms with Crippen LogP contribution in [-0.2, 0) is 11.2 Å². The number of carbonyl (C=O) groups is 1. The summed E-state index contributed by atoms with van der Waals surface area (Å²) in [6.45, 7) is 8.90. The Bertz CT molecular complexity index is 666. The van der Waals surface area contributed by atoms with E-state index in [-0.39, 0.29) is 16.7 Å². The molecule has 3 unspecified atom stereocenters. The molecule has 2 bridgehead atoms. The minimum absolute atomic E-state index is 0.0184. The number of unbranched alkanes of at least 4 members (excludes halogenated alkanes) is 2. The summed E-state index contributed by atoms with van der Waals surface area (Å²) in [6.07, 6.45) is 6.72. The Balaban J connectivity index is 2.04. The molecule has 0 spiro atoms. The van der Waals surface area contributed by atoms with Crippen molar-refractivity contribution in [2.24, 2.45) is 16.7 Å². The smallest absolute Gasteiger partial charge is 0.147 e. The molecule has 1 aromatic carbocycles. The maximum Gasteiger partial charge on any atom is 0.147 e. The van der Waals surface area contributed by atoms with E-state index in [0.717, 1.165) is 42.7 Å². The van der Waals surface area contributed by atoms with Crippen molar-refractivity contribution in [3.05, 3.63) is 23.3 Å². The molecule has 0 aromatic heterocycles. The predicted octanol–water partition coefficient (Wildman–Crippen LogP) is 5.55. The molecule has 144 valence electrons. The summed E-state index contributed by atoms with van der Waals surface area (Å²) in [5.74, 6) is 2.25. The van der Waals surface area contributed by atoms with E-state index in [2.05, 4.69) is 39.8 Å². The van der Waals surface area contributed by atoms with Crippen molar-refractivity contribution in [1.82, 2.24) is 0 Å². The lowest BCUT2D eigenvalue weighted by atomic mass is 9.70. The average molecular weight is 359 g/mol. The lowest BCUT2D eigenvalue weighted by Crippen LogP contribution is -2.33. The zero-order valence-electron chi connectivity index (χ0n) is 17.3. The number of carbonyl (C=O) groups excluding carboxylic acids is 1. The van der Waals surface area contributed by atoms with Crippen LogP contribution in [0.1, 0.15) is 76.8 Å². The summed E-state index contributed by atoms with van der Waals surface area (Å²) in [6, 6.07) is 4.25. The molecule has 0 amide bonds. The number of aryl methyl sites for hydroxylation is 1. The van der Waals surface area contributed by atoms with Crippen LogP contribution < -0.4 is 9.47 Å². The molecular formula is C23H34O3. The van der Waals surface area contributed by atoms with Crippen LogP contribution in [-0.4, -0.2) is 20.0 Å². The third-order valence-corrected chi connectivity index (χ3v) is 7.52. The Hall–Kier alpha value is -1.51.